The number of hydrogen-bond acceptors (Lipinski definition) is 6. The van der Waals surface area contributed by atoms with Gasteiger partial charge in [0.1, 0.15) is 0 Å². The number of amides is 1. The first kappa shape index (κ1) is 16.8. The number of benzene rings is 2. The van der Waals surface area contributed by atoms with Gasteiger partial charge in [0.2, 0.25) is 5.91 Å². The first-order chi connectivity index (χ1) is 11.9. The van der Waals surface area contributed by atoms with E-state index in [1.165, 1.54) is 23.5 Å². The summed E-state index contributed by atoms with van der Waals surface area (Å²) in [7, 11) is 0. The lowest BCUT2D eigenvalue weighted by molar-refractivity contribution is -0.384. The summed E-state index contributed by atoms with van der Waals surface area (Å²) in [5, 5.41) is 17.5. The average Bonchev–Trinajstić information content (AvgIpc) is 2.97. The van der Waals surface area contributed by atoms with Crippen molar-refractivity contribution >= 4 is 49.7 Å². The molecule has 0 saturated heterocycles. The molecular formula is C17H16N4O3S. The molecule has 1 heterocycles. The van der Waals surface area contributed by atoms with Gasteiger partial charge < -0.3 is 10.6 Å². The summed E-state index contributed by atoms with van der Waals surface area (Å²) in [5.41, 5.74) is 2.30. The minimum atomic E-state index is -0.420. The fourth-order valence-electron chi connectivity index (χ4n) is 2.13. The molecule has 0 aliphatic heterocycles. The van der Waals surface area contributed by atoms with Gasteiger partial charge in [0.05, 0.1) is 15.1 Å². The fraction of sp³-hybridized carbons (Fsp3) is 0.176. The van der Waals surface area contributed by atoms with E-state index in [0.717, 1.165) is 16.1 Å². The minimum Gasteiger partial charge on any atom is -0.332 e. The van der Waals surface area contributed by atoms with Crippen molar-refractivity contribution in [3.8, 4) is 0 Å². The summed E-state index contributed by atoms with van der Waals surface area (Å²) in [5.74, 6) is -0.113. The van der Waals surface area contributed by atoms with E-state index in [2.05, 4.69) is 15.6 Å². The van der Waals surface area contributed by atoms with E-state index in [-0.39, 0.29) is 17.5 Å². The highest BCUT2D eigenvalue weighted by molar-refractivity contribution is 7.22. The maximum Gasteiger partial charge on any atom is 0.270 e. The van der Waals surface area contributed by atoms with Crippen molar-refractivity contribution in [3.05, 3.63) is 52.6 Å². The molecule has 2 N–H and O–H groups in total. The molecule has 8 heteroatoms. The van der Waals surface area contributed by atoms with E-state index < -0.39 is 4.92 Å². The number of fused-ring (bicyclic) bond motifs is 1. The van der Waals surface area contributed by atoms with Gasteiger partial charge in [0.25, 0.3) is 5.69 Å². The van der Waals surface area contributed by atoms with Crippen LogP contribution in [0.2, 0.25) is 0 Å². The zero-order valence-corrected chi connectivity index (χ0v) is 14.5. The monoisotopic (exact) mass is 356 g/mol. The second-order valence-corrected chi connectivity index (χ2v) is 6.81. The number of anilines is 3. The molecule has 0 aliphatic carbocycles. The predicted octanol–water partition coefficient (Wildman–Crippen LogP) is 4.54. The Morgan fingerprint density at radius 3 is 2.48 bits per heavy atom. The third-order valence-corrected chi connectivity index (χ3v) is 4.44. The lowest BCUT2D eigenvalue weighted by atomic mass is 10.2. The zero-order chi connectivity index (χ0) is 18.0. The standard InChI is InChI=1S/C17H16N4O3S/c1-10(2)16(22)18-11-3-5-12(6-4-11)19-17-20-14-8-7-13(21(23)24)9-15(14)25-17/h3-10H,1-2H3,(H,18,22)(H,19,20). The highest BCUT2D eigenvalue weighted by atomic mass is 32.1. The van der Waals surface area contributed by atoms with Crippen LogP contribution in [0.4, 0.5) is 22.2 Å². The quantitative estimate of drug-likeness (QED) is 0.516. The van der Waals surface area contributed by atoms with Crippen LogP contribution in [0.3, 0.4) is 0 Å². The second-order valence-electron chi connectivity index (χ2n) is 5.77. The van der Waals surface area contributed by atoms with E-state index in [4.69, 9.17) is 0 Å². The van der Waals surface area contributed by atoms with Crippen LogP contribution in [0.5, 0.6) is 0 Å². The number of nitrogens with one attached hydrogen (secondary N) is 2. The van der Waals surface area contributed by atoms with Crippen LogP contribution in [0.25, 0.3) is 10.2 Å². The molecular weight excluding hydrogens is 340 g/mol. The Morgan fingerprint density at radius 2 is 1.84 bits per heavy atom. The van der Waals surface area contributed by atoms with Gasteiger partial charge in [-0.15, -0.1) is 0 Å². The Bertz CT molecular complexity index is 935. The average molecular weight is 356 g/mol. The number of aromatic nitrogens is 1. The van der Waals surface area contributed by atoms with Crippen molar-refractivity contribution in [1.29, 1.82) is 0 Å². The summed E-state index contributed by atoms with van der Waals surface area (Å²) in [6, 6.07) is 11.9. The van der Waals surface area contributed by atoms with Crippen molar-refractivity contribution in [1.82, 2.24) is 4.98 Å². The number of nitro groups is 1. The zero-order valence-electron chi connectivity index (χ0n) is 13.6. The van der Waals surface area contributed by atoms with Crippen molar-refractivity contribution in [2.45, 2.75) is 13.8 Å². The summed E-state index contributed by atoms with van der Waals surface area (Å²) in [6.07, 6.45) is 0. The first-order valence-corrected chi connectivity index (χ1v) is 8.47. The topological polar surface area (TPSA) is 97.2 Å². The summed E-state index contributed by atoms with van der Waals surface area (Å²) in [6.45, 7) is 3.67. The van der Waals surface area contributed by atoms with Gasteiger partial charge in [-0.05, 0) is 30.3 Å². The SMILES string of the molecule is CC(C)C(=O)Nc1ccc(Nc2nc3ccc([N+](=O)[O-])cc3s2)cc1. The third-order valence-electron chi connectivity index (χ3n) is 3.51. The van der Waals surface area contributed by atoms with Gasteiger partial charge in [0, 0.05) is 29.4 Å². The summed E-state index contributed by atoms with van der Waals surface area (Å²) in [4.78, 5) is 26.5. The molecule has 25 heavy (non-hydrogen) atoms. The maximum absolute atomic E-state index is 11.7. The van der Waals surface area contributed by atoms with Gasteiger partial charge in [-0.25, -0.2) is 4.98 Å². The first-order valence-electron chi connectivity index (χ1n) is 7.65. The van der Waals surface area contributed by atoms with Crippen molar-refractivity contribution in [3.63, 3.8) is 0 Å². The van der Waals surface area contributed by atoms with Crippen LogP contribution >= 0.6 is 11.3 Å². The van der Waals surface area contributed by atoms with E-state index in [0.29, 0.717) is 10.6 Å². The molecule has 0 radical (unpaired) electrons. The van der Waals surface area contributed by atoms with Crippen LogP contribution in [0.15, 0.2) is 42.5 Å². The second kappa shape index (κ2) is 6.86. The number of non-ortho nitro benzene ring substituents is 1. The van der Waals surface area contributed by atoms with E-state index in [9.17, 15) is 14.9 Å². The molecule has 3 aromatic rings. The molecule has 0 unspecified atom stereocenters. The molecule has 2 aromatic carbocycles. The molecule has 0 atom stereocenters. The Balaban J connectivity index is 1.74. The van der Waals surface area contributed by atoms with E-state index in [1.807, 2.05) is 26.0 Å². The van der Waals surface area contributed by atoms with Gasteiger partial charge in [-0.1, -0.05) is 25.2 Å². The third kappa shape index (κ3) is 3.92. The molecule has 0 fully saturated rings. The minimum absolute atomic E-state index is 0.0338. The Labute approximate surface area is 147 Å². The molecule has 0 aliphatic rings. The van der Waals surface area contributed by atoms with Crippen molar-refractivity contribution in [2.75, 3.05) is 10.6 Å². The molecule has 0 spiro atoms. The summed E-state index contributed by atoms with van der Waals surface area (Å²) < 4.78 is 0.748. The van der Waals surface area contributed by atoms with Gasteiger partial charge in [0.15, 0.2) is 5.13 Å². The number of nitro benzene ring substituents is 1. The Kier molecular flexibility index (Phi) is 4.62. The van der Waals surface area contributed by atoms with Crippen LogP contribution in [0, 0.1) is 16.0 Å². The van der Waals surface area contributed by atoms with E-state index in [1.54, 1.807) is 18.2 Å². The van der Waals surface area contributed by atoms with E-state index >= 15 is 0 Å². The van der Waals surface area contributed by atoms with Crippen LogP contribution < -0.4 is 10.6 Å². The largest absolute Gasteiger partial charge is 0.332 e. The van der Waals surface area contributed by atoms with Gasteiger partial charge in [-0.3, -0.25) is 14.9 Å². The van der Waals surface area contributed by atoms with Crippen LogP contribution in [-0.4, -0.2) is 15.8 Å². The molecule has 0 saturated carbocycles. The molecule has 1 amide bonds. The molecule has 0 bridgehead atoms. The number of nitrogens with zero attached hydrogens (tertiary/aromatic N) is 2. The maximum atomic E-state index is 11.7. The van der Waals surface area contributed by atoms with Crippen molar-refractivity contribution in [2.24, 2.45) is 5.92 Å². The number of carbonyl (C=O) groups is 1. The molecule has 3 rings (SSSR count). The highest BCUT2D eigenvalue weighted by Crippen LogP contribution is 2.31. The lowest BCUT2D eigenvalue weighted by Gasteiger charge is -2.08. The number of rotatable bonds is 5. The number of carbonyl (C=O) groups excluding carboxylic acids is 1. The van der Waals surface area contributed by atoms with Gasteiger partial charge >= 0.3 is 0 Å². The lowest BCUT2D eigenvalue weighted by Crippen LogP contribution is -2.17. The normalized spacial score (nSPS) is 10.8. The number of thiazole rings is 1. The van der Waals surface area contributed by atoms with Crippen LogP contribution in [0.1, 0.15) is 13.8 Å². The fourth-order valence-corrected chi connectivity index (χ4v) is 3.05. The van der Waals surface area contributed by atoms with Crippen LogP contribution in [-0.2, 0) is 4.79 Å². The summed E-state index contributed by atoms with van der Waals surface area (Å²) >= 11 is 1.35. The predicted molar refractivity (Wildman–Crippen MR) is 99.5 cm³/mol. The van der Waals surface area contributed by atoms with Gasteiger partial charge in [-0.2, -0.15) is 0 Å². The van der Waals surface area contributed by atoms with Crippen molar-refractivity contribution < 1.29 is 9.72 Å². The Hall–Kier alpha value is -3.00. The molecule has 7 nitrogen and oxygen atoms in total. The Morgan fingerprint density at radius 1 is 1.16 bits per heavy atom. The number of hydrogen-bond donors (Lipinski definition) is 2. The molecule has 1 aromatic heterocycles. The smallest absolute Gasteiger partial charge is 0.270 e. The highest BCUT2D eigenvalue weighted by Gasteiger charge is 2.11. The molecule has 128 valence electrons.